The summed E-state index contributed by atoms with van der Waals surface area (Å²) in [5.74, 6) is -0.0936. The summed E-state index contributed by atoms with van der Waals surface area (Å²) in [6.07, 6.45) is -2.25. The van der Waals surface area contributed by atoms with E-state index in [9.17, 15) is 13.2 Å². The quantitative estimate of drug-likeness (QED) is 0.561. The van der Waals surface area contributed by atoms with Gasteiger partial charge in [-0.15, -0.1) is 0 Å². The molecule has 0 amide bonds. The molecule has 150 valence electrons. The predicted octanol–water partition coefficient (Wildman–Crippen LogP) is 2.66. The van der Waals surface area contributed by atoms with Crippen molar-refractivity contribution in [2.75, 3.05) is 45.3 Å². The standard InChI is InChI=1S/C16H17ClF3N7O/c1-26(2)9-22-12-7-11(16(18,19)20)10(8-21-12)13-23-14(17)25-15(24-13)27-3-5-28-6-4-27/h7-9H,3-6H2,1-2H3/b22-9+. The van der Waals surface area contributed by atoms with Crippen molar-refractivity contribution in [2.24, 2.45) is 4.99 Å². The molecule has 0 aliphatic carbocycles. The van der Waals surface area contributed by atoms with Gasteiger partial charge in [-0.25, -0.2) is 9.98 Å². The number of halogens is 4. The van der Waals surface area contributed by atoms with Gasteiger partial charge in [0.05, 0.1) is 30.7 Å². The van der Waals surface area contributed by atoms with Gasteiger partial charge in [0.25, 0.3) is 0 Å². The Balaban J connectivity index is 2.05. The van der Waals surface area contributed by atoms with E-state index in [1.165, 1.54) is 6.34 Å². The van der Waals surface area contributed by atoms with Crippen molar-refractivity contribution in [3.8, 4) is 11.4 Å². The van der Waals surface area contributed by atoms with Crippen LogP contribution in [0.4, 0.5) is 24.9 Å². The van der Waals surface area contributed by atoms with Crippen molar-refractivity contribution in [1.29, 1.82) is 0 Å². The third kappa shape index (κ3) is 4.84. The highest BCUT2D eigenvalue weighted by molar-refractivity contribution is 6.28. The molecule has 0 radical (unpaired) electrons. The number of aliphatic imine (C=N–C) groups is 1. The SMILES string of the molecule is CN(C)/C=N/c1cc(C(F)(F)F)c(-c2nc(Cl)nc(N3CCOCC3)n2)cn1. The first-order chi connectivity index (χ1) is 13.2. The van der Waals surface area contributed by atoms with Crippen molar-refractivity contribution < 1.29 is 17.9 Å². The summed E-state index contributed by atoms with van der Waals surface area (Å²) in [6, 6.07) is 0.849. The Kier molecular flexibility index (Phi) is 5.94. The van der Waals surface area contributed by atoms with Crippen molar-refractivity contribution in [2.45, 2.75) is 6.18 Å². The van der Waals surface area contributed by atoms with Gasteiger partial charge in [0.15, 0.2) is 11.6 Å². The number of hydrogen-bond donors (Lipinski definition) is 0. The number of morpholine rings is 1. The fourth-order valence-electron chi connectivity index (χ4n) is 2.47. The van der Waals surface area contributed by atoms with E-state index in [1.807, 2.05) is 0 Å². The molecule has 0 aromatic carbocycles. The van der Waals surface area contributed by atoms with Gasteiger partial charge in [0, 0.05) is 33.4 Å². The van der Waals surface area contributed by atoms with Crippen LogP contribution in [0.25, 0.3) is 11.4 Å². The number of ether oxygens (including phenoxy) is 1. The zero-order valence-electron chi connectivity index (χ0n) is 15.1. The van der Waals surface area contributed by atoms with Crippen LogP contribution in [-0.4, -0.2) is 71.6 Å². The molecule has 0 saturated carbocycles. The smallest absolute Gasteiger partial charge is 0.378 e. The summed E-state index contributed by atoms with van der Waals surface area (Å²) in [7, 11) is 3.39. The number of aromatic nitrogens is 4. The summed E-state index contributed by atoms with van der Waals surface area (Å²) in [5.41, 5.74) is -1.25. The lowest BCUT2D eigenvalue weighted by atomic mass is 10.1. The van der Waals surface area contributed by atoms with Crippen LogP contribution in [0.3, 0.4) is 0 Å². The summed E-state index contributed by atoms with van der Waals surface area (Å²) >= 11 is 5.95. The van der Waals surface area contributed by atoms with Crippen LogP contribution < -0.4 is 4.90 Å². The van der Waals surface area contributed by atoms with Gasteiger partial charge in [-0.3, -0.25) is 0 Å². The second kappa shape index (κ2) is 8.23. The van der Waals surface area contributed by atoms with Crippen LogP contribution in [0, 0.1) is 0 Å². The Morgan fingerprint density at radius 2 is 1.93 bits per heavy atom. The molecule has 1 fully saturated rings. The zero-order valence-corrected chi connectivity index (χ0v) is 15.9. The molecule has 1 aliphatic rings. The first kappa shape index (κ1) is 20.2. The lowest BCUT2D eigenvalue weighted by Gasteiger charge is -2.26. The molecule has 2 aromatic rings. The average molecular weight is 416 g/mol. The average Bonchev–Trinajstić information content (AvgIpc) is 2.65. The Morgan fingerprint density at radius 3 is 2.57 bits per heavy atom. The lowest BCUT2D eigenvalue weighted by molar-refractivity contribution is -0.137. The molecule has 0 atom stereocenters. The number of rotatable bonds is 4. The minimum Gasteiger partial charge on any atom is -0.378 e. The van der Waals surface area contributed by atoms with E-state index in [-0.39, 0.29) is 28.4 Å². The second-order valence-corrected chi connectivity index (χ2v) is 6.46. The van der Waals surface area contributed by atoms with E-state index in [4.69, 9.17) is 16.3 Å². The van der Waals surface area contributed by atoms with Crippen LogP contribution in [0.5, 0.6) is 0 Å². The maximum atomic E-state index is 13.6. The Bertz CT molecular complexity index is 870. The van der Waals surface area contributed by atoms with Gasteiger partial charge in [-0.05, 0) is 17.7 Å². The number of anilines is 1. The van der Waals surface area contributed by atoms with Crippen molar-refractivity contribution in [3.05, 3.63) is 23.1 Å². The first-order valence-electron chi connectivity index (χ1n) is 8.26. The minimum atomic E-state index is -4.65. The van der Waals surface area contributed by atoms with Crippen LogP contribution in [-0.2, 0) is 10.9 Å². The summed E-state index contributed by atoms with van der Waals surface area (Å²) in [5, 5.41) is -0.200. The number of hydrogen-bond acceptors (Lipinski definition) is 7. The van der Waals surface area contributed by atoms with Crippen LogP contribution >= 0.6 is 11.6 Å². The van der Waals surface area contributed by atoms with Crippen LogP contribution in [0.1, 0.15) is 5.56 Å². The molecule has 3 rings (SSSR count). The van der Waals surface area contributed by atoms with Crippen LogP contribution in [0.2, 0.25) is 5.28 Å². The minimum absolute atomic E-state index is 0.0849. The Hall–Kier alpha value is -2.53. The van der Waals surface area contributed by atoms with E-state index in [0.717, 1.165) is 12.3 Å². The second-order valence-electron chi connectivity index (χ2n) is 6.12. The molecule has 1 aliphatic heterocycles. The number of nitrogens with zero attached hydrogens (tertiary/aromatic N) is 7. The third-order valence-corrected chi connectivity index (χ3v) is 3.92. The molecule has 12 heteroatoms. The summed E-state index contributed by atoms with van der Waals surface area (Å²) in [6.45, 7) is 1.93. The van der Waals surface area contributed by atoms with Crippen molar-refractivity contribution >= 4 is 29.7 Å². The van der Waals surface area contributed by atoms with E-state index < -0.39 is 11.7 Å². The predicted molar refractivity (Wildman–Crippen MR) is 97.9 cm³/mol. The fourth-order valence-corrected chi connectivity index (χ4v) is 2.62. The Labute approximate surface area is 164 Å². The van der Waals surface area contributed by atoms with Gasteiger partial charge >= 0.3 is 6.18 Å². The van der Waals surface area contributed by atoms with E-state index >= 15 is 0 Å². The molecule has 2 aromatic heterocycles. The molecule has 0 N–H and O–H groups in total. The number of alkyl halides is 3. The highest BCUT2D eigenvalue weighted by atomic mass is 35.5. The molecule has 1 saturated heterocycles. The summed E-state index contributed by atoms with van der Waals surface area (Å²) < 4.78 is 46.2. The molecule has 28 heavy (non-hydrogen) atoms. The highest BCUT2D eigenvalue weighted by Gasteiger charge is 2.35. The molecular weight excluding hydrogens is 399 g/mol. The van der Waals surface area contributed by atoms with Crippen molar-refractivity contribution in [1.82, 2.24) is 24.8 Å². The summed E-state index contributed by atoms with van der Waals surface area (Å²) in [4.78, 5) is 23.3. The van der Waals surface area contributed by atoms with E-state index in [0.29, 0.717) is 26.3 Å². The first-order valence-corrected chi connectivity index (χ1v) is 8.64. The number of pyridine rings is 1. The lowest BCUT2D eigenvalue weighted by Crippen LogP contribution is -2.37. The molecular formula is C16H17ClF3N7O. The van der Waals surface area contributed by atoms with Gasteiger partial charge < -0.3 is 14.5 Å². The molecule has 3 heterocycles. The van der Waals surface area contributed by atoms with Gasteiger partial charge in [-0.2, -0.15) is 28.1 Å². The fraction of sp³-hybridized carbons (Fsp3) is 0.438. The highest BCUT2D eigenvalue weighted by Crippen LogP contribution is 2.37. The largest absolute Gasteiger partial charge is 0.417 e. The molecule has 8 nitrogen and oxygen atoms in total. The van der Waals surface area contributed by atoms with Gasteiger partial charge in [-0.1, -0.05) is 0 Å². The third-order valence-electron chi connectivity index (χ3n) is 3.75. The van der Waals surface area contributed by atoms with E-state index in [2.05, 4.69) is 24.9 Å². The molecule has 0 spiro atoms. The van der Waals surface area contributed by atoms with Gasteiger partial charge in [0.1, 0.15) is 0 Å². The maximum absolute atomic E-state index is 13.6. The van der Waals surface area contributed by atoms with Crippen molar-refractivity contribution in [3.63, 3.8) is 0 Å². The molecule has 0 unspecified atom stereocenters. The van der Waals surface area contributed by atoms with Gasteiger partial charge in [0.2, 0.25) is 11.2 Å². The van der Waals surface area contributed by atoms with Crippen LogP contribution in [0.15, 0.2) is 17.3 Å². The topological polar surface area (TPSA) is 79.6 Å². The zero-order chi connectivity index (χ0) is 20.3. The monoisotopic (exact) mass is 415 g/mol. The molecule has 0 bridgehead atoms. The normalized spacial score (nSPS) is 15.3. The van der Waals surface area contributed by atoms with E-state index in [1.54, 1.807) is 23.9 Å². The maximum Gasteiger partial charge on any atom is 0.417 e. The Morgan fingerprint density at radius 1 is 1.21 bits per heavy atom.